The number of benzene rings is 1. The summed E-state index contributed by atoms with van der Waals surface area (Å²) in [5, 5.41) is 4.30. The maximum atomic E-state index is 12.8. The average molecular weight is 386 g/mol. The van der Waals surface area contributed by atoms with Crippen LogP contribution in [-0.4, -0.2) is 34.9 Å². The second kappa shape index (κ2) is 8.98. The molecule has 1 aromatic carbocycles. The fourth-order valence-corrected chi connectivity index (χ4v) is 4.93. The quantitative estimate of drug-likeness (QED) is 0.773. The van der Waals surface area contributed by atoms with Crippen LogP contribution in [0.25, 0.3) is 0 Å². The highest BCUT2D eigenvalue weighted by Gasteiger charge is 2.29. The molecule has 1 fully saturated rings. The number of carbonyl (C=O) groups is 1. The van der Waals surface area contributed by atoms with Crippen molar-refractivity contribution in [2.75, 3.05) is 13.1 Å². The van der Waals surface area contributed by atoms with Crippen molar-refractivity contribution in [3.05, 3.63) is 51.5 Å². The number of rotatable bonds is 7. The molecule has 146 valence electrons. The van der Waals surface area contributed by atoms with Crippen molar-refractivity contribution in [2.24, 2.45) is 11.8 Å². The molecule has 1 aromatic heterocycles. The third kappa shape index (κ3) is 5.39. The maximum Gasteiger partial charge on any atom is 0.263 e. The third-order valence-corrected chi connectivity index (χ3v) is 6.43. The summed E-state index contributed by atoms with van der Waals surface area (Å²) >= 11 is 1.55. The first-order chi connectivity index (χ1) is 12.9. The van der Waals surface area contributed by atoms with E-state index in [-0.39, 0.29) is 11.9 Å². The molecule has 1 aliphatic rings. The molecule has 0 bridgehead atoms. The van der Waals surface area contributed by atoms with E-state index in [2.05, 4.69) is 66.3 Å². The van der Waals surface area contributed by atoms with E-state index in [9.17, 15) is 4.79 Å². The normalized spacial score (nSPS) is 18.8. The molecule has 27 heavy (non-hydrogen) atoms. The number of likely N-dealkylation sites (tertiary alicyclic amines) is 1. The van der Waals surface area contributed by atoms with Crippen molar-refractivity contribution in [3.8, 4) is 0 Å². The van der Waals surface area contributed by atoms with E-state index in [0.29, 0.717) is 11.8 Å². The van der Waals surface area contributed by atoms with Crippen LogP contribution in [0.15, 0.2) is 30.3 Å². The predicted molar refractivity (Wildman–Crippen MR) is 112 cm³/mol. The van der Waals surface area contributed by atoms with Crippen molar-refractivity contribution in [3.63, 3.8) is 0 Å². The number of hydrogen-bond donors (Lipinski definition) is 1. The van der Waals surface area contributed by atoms with E-state index in [0.717, 1.165) is 48.1 Å². The minimum Gasteiger partial charge on any atom is -0.349 e. The summed E-state index contributed by atoms with van der Waals surface area (Å²) in [6.07, 6.45) is 2.07. The van der Waals surface area contributed by atoms with Gasteiger partial charge in [-0.25, -0.2) is 4.98 Å². The Morgan fingerprint density at radius 1 is 1.30 bits per heavy atom. The van der Waals surface area contributed by atoms with Gasteiger partial charge in [-0.15, -0.1) is 11.3 Å². The van der Waals surface area contributed by atoms with E-state index in [1.807, 2.05) is 6.92 Å². The van der Waals surface area contributed by atoms with Crippen LogP contribution in [0.3, 0.4) is 0 Å². The Morgan fingerprint density at radius 3 is 2.74 bits per heavy atom. The van der Waals surface area contributed by atoms with Gasteiger partial charge in [0.05, 0.1) is 10.7 Å². The molecule has 2 aromatic rings. The van der Waals surface area contributed by atoms with Gasteiger partial charge in [0.25, 0.3) is 5.91 Å². The Bertz CT molecular complexity index is 756. The lowest BCUT2D eigenvalue weighted by Crippen LogP contribution is -2.39. The Hall–Kier alpha value is -1.72. The van der Waals surface area contributed by atoms with Crippen molar-refractivity contribution < 1.29 is 4.79 Å². The highest BCUT2D eigenvalue weighted by Crippen LogP contribution is 2.24. The van der Waals surface area contributed by atoms with Crippen LogP contribution in [0.1, 0.15) is 53.1 Å². The first-order valence-corrected chi connectivity index (χ1v) is 10.8. The van der Waals surface area contributed by atoms with Gasteiger partial charge in [-0.05, 0) is 44.2 Å². The summed E-state index contributed by atoms with van der Waals surface area (Å²) in [6.45, 7) is 11.6. The second-order valence-corrected chi connectivity index (χ2v) is 9.24. The molecule has 0 radical (unpaired) electrons. The minimum atomic E-state index is 0.0361. The Kier molecular flexibility index (Phi) is 6.66. The van der Waals surface area contributed by atoms with Gasteiger partial charge in [0.1, 0.15) is 4.88 Å². The zero-order valence-electron chi connectivity index (χ0n) is 16.9. The van der Waals surface area contributed by atoms with Crippen molar-refractivity contribution in [2.45, 2.75) is 53.1 Å². The van der Waals surface area contributed by atoms with Gasteiger partial charge in [0.2, 0.25) is 0 Å². The molecule has 1 amide bonds. The maximum absolute atomic E-state index is 12.8. The van der Waals surface area contributed by atoms with Crippen LogP contribution in [-0.2, 0) is 13.0 Å². The van der Waals surface area contributed by atoms with E-state index >= 15 is 0 Å². The average Bonchev–Trinajstić information content (AvgIpc) is 3.22. The standard InChI is InChI=1S/C22H31N3OS/c1-15(2)12-20-23-17(4)21(27-20)22(26)24-16(3)19-10-11-25(14-19)13-18-8-6-5-7-9-18/h5-9,15-16,19H,10-14H2,1-4H3,(H,24,26)/t16-,19+/m0/s1. The Balaban J connectivity index is 1.54. The lowest BCUT2D eigenvalue weighted by atomic mass is 10.0. The monoisotopic (exact) mass is 385 g/mol. The van der Waals surface area contributed by atoms with Crippen molar-refractivity contribution in [1.82, 2.24) is 15.2 Å². The molecule has 2 heterocycles. The zero-order valence-corrected chi connectivity index (χ0v) is 17.7. The Labute approximate surface area is 167 Å². The number of nitrogens with one attached hydrogen (secondary N) is 1. The molecule has 3 rings (SSSR count). The van der Waals surface area contributed by atoms with Crippen LogP contribution in [0.2, 0.25) is 0 Å². The van der Waals surface area contributed by atoms with E-state index in [1.165, 1.54) is 5.56 Å². The number of nitrogens with zero attached hydrogens (tertiary/aromatic N) is 2. The number of aromatic nitrogens is 1. The first-order valence-electron chi connectivity index (χ1n) is 9.95. The number of hydrogen-bond acceptors (Lipinski definition) is 4. The van der Waals surface area contributed by atoms with E-state index in [4.69, 9.17) is 0 Å². The highest BCUT2D eigenvalue weighted by atomic mass is 32.1. The summed E-state index contributed by atoms with van der Waals surface area (Å²) in [6, 6.07) is 10.8. The largest absolute Gasteiger partial charge is 0.349 e. The molecule has 0 aliphatic carbocycles. The summed E-state index contributed by atoms with van der Waals surface area (Å²) in [4.78, 5) is 20.6. The van der Waals surface area contributed by atoms with Gasteiger partial charge in [0, 0.05) is 25.6 Å². The highest BCUT2D eigenvalue weighted by molar-refractivity contribution is 7.13. The van der Waals surface area contributed by atoms with Crippen LogP contribution in [0, 0.1) is 18.8 Å². The van der Waals surface area contributed by atoms with Crippen LogP contribution >= 0.6 is 11.3 Å². The number of aryl methyl sites for hydroxylation is 1. The molecule has 5 heteroatoms. The minimum absolute atomic E-state index is 0.0361. The lowest BCUT2D eigenvalue weighted by molar-refractivity contribution is 0.0930. The topological polar surface area (TPSA) is 45.2 Å². The van der Waals surface area contributed by atoms with Gasteiger partial charge in [-0.2, -0.15) is 0 Å². The van der Waals surface area contributed by atoms with Crippen molar-refractivity contribution >= 4 is 17.2 Å². The van der Waals surface area contributed by atoms with Crippen LogP contribution in [0.4, 0.5) is 0 Å². The van der Waals surface area contributed by atoms with Gasteiger partial charge in [-0.3, -0.25) is 9.69 Å². The number of carbonyl (C=O) groups excluding carboxylic acids is 1. The summed E-state index contributed by atoms with van der Waals surface area (Å²) in [7, 11) is 0. The fourth-order valence-electron chi connectivity index (χ4n) is 3.75. The van der Waals surface area contributed by atoms with Gasteiger partial charge >= 0.3 is 0 Å². The van der Waals surface area contributed by atoms with Gasteiger partial charge < -0.3 is 5.32 Å². The first kappa shape index (κ1) is 20.0. The zero-order chi connectivity index (χ0) is 19.4. The SMILES string of the molecule is Cc1nc(CC(C)C)sc1C(=O)N[C@@H](C)[C@@H]1CCN(Cc2ccccc2)C1. The number of amides is 1. The van der Waals surface area contributed by atoms with Crippen LogP contribution in [0.5, 0.6) is 0 Å². The molecule has 4 nitrogen and oxygen atoms in total. The molecular weight excluding hydrogens is 354 g/mol. The summed E-state index contributed by atoms with van der Waals surface area (Å²) in [5.41, 5.74) is 2.21. The molecule has 1 N–H and O–H groups in total. The fraction of sp³-hybridized carbons (Fsp3) is 0.545. The smallest absolute Gasteiger partial charge is 0.263 e. The second-order valence-electron chi connectivity index (χ2n) is 8.15. The Morgan fingerprint density at radius 2 is 2.04 bits per heavy atom. The molecule has 1 aliphatic heterocycles. The van der Waals surface area contributed by atoms with Crippen molar-refractivity contribution in [1.29, 1.82) is 0 Å². The third-order valence-electron chi connectivity index (χ3n) is 5.25. The van der Waals surface area contributed by atoms with Crippen LogP contribution < -0.4 is 5.32 Å². The van der Waals surface area contributed by atoms with E-state index in [1.54, 1.807) is 11.3 Å². The lowest BCUT2D eigenvalue weighted by Gasteiger charge is -2.21. The molecule has 0 unspecified atom stereocenters. The summed E-state index contributed by atoms with van der Waals surface area (Å²) < 4.78 is 0. The number of thiazole rings is 1. The predicted octanol–water partition coefficient (Wildman–Crippen LogP) is 4.29. The molecule has 0 spiro atoms. The summed E-state index contributed by atoms with van der Waals surface area (Å²) in [5.74, 6) is 1.09. The molecular formula is C22H31N3OS. The molecule has 1 saturated heterocycles. The van der Waals surface area contributed by atoms with E-state index < -0.39 is 0 Å². The molecule has 2 atom stereocenters. The van der Waals surface area contributed by atoms with Gasteiger partial charge in [0.15, 0.2) is 0 Å². The van der Waals surface area contributed by atoms with Gasteiger partial charge in [-0.1, -0.05) is 44.2 Å². The molecule has 0 saturated carbocycles.